The van der Waals surface area contributed by atoms with Crippen molar-refractivity contribution in [3.63, 3.8) is 0 Å². The maximum atomic E-state index is 12.8. The number of aromatic nitrogens is 1. The van der Waals surface area contributed by atoms with Gasteiger partial charge in [0.15, 0.2) is 11.5 Å². The third-order valence-electron chi connectivity index (χ3n) is 6.61. The average molecular weight is 724 g/mol. The molecule has 1 amide bonds. The number of nitrogens with one attached hydrogen (secondary N) is 1. The summed E-state index contributed by atoms with van der Waals surface area (Å²) in [6.07, 6.45) is 1.58. The smallest absolute Gasteiger partial charge is 0.271 e. The number of benzene rings is 4. The normalized spacial score (nSPS) is 11.1. The van der Waals surface area contributed by atoms with Gasteiger partial charge in [0, 0.05) is 16.9 Å². The van der Waals surface area contributed by atoms with E-state index in [1.54, 1.807) is 30.5 Å². The zero-order chi connectivity index (χ0) is 30.3. The van der Waals surface area contributed by atoms with Crippen LogP contribution in [0.2, 0.25) is 10.0 Å². The molecule has 0 bridgehead atoms. The van der Waals surface area contributed by atoms with E-state index in [2.05, 4.69) is 68.9 Å². The Morgan fingerprint density at radius 3 is 2.42 bits per heavy atom. The molecule has 0 saturated carbocycles. The Labute approximate surface area is 274 Å². The van der Waals surface area contributed by atoms with Gasteiger partial charge in [0.1, 0.15) is 6.61 Å². The average Bonchev–Trinajstić information content (AvgIpc) is 3.40. The van der Waals surface area contributed by atoms with Crippen LogP contribution < -0.4 is 14.9 Å². The number of halogens is 3. The molecule has 1 N–H and O–H groups in total. The summed E-state index contributed by atoms with van der Waals surface area (Å²) in [5.74, 6) is 0.882. The van der Waals surface area contributed by atoms with Crippen molar-refractivity contribution >= 4 is 57.9 Å². The molecule has 0 aliphatic rings. The monoisotopic (exact) mass is 723 g/mol. The van der Waals surface area contributed by atoms with Crippen molar-refractivity contribution in [2.24, 2.45) is 5.10 Å². The Balaban J connectivity index is 1.26. The topological polar surface area (TPSA) is 64.8 Å². The van der Waals surface area contributed by atoms with Gasteiger partial charge in [0.25, 0.3) is 5.91 Å². The lowest BCUT2D eigenvalue weighted by atomic mass is 10.1. The highest BCUT2D eigenvalue weighted by Gasteiger charge is 2.14. The Morgan fingerprint density at radius 1 is 0.930 bits per heavy atom. The minimum Gasteiger partial charge on any atom is -0.490 e. The van der Waals surface area contributed by atoms with E-state index in [9.17, 15) is 4.79 Å². The van der Waals surface area contributed by atoms with Gasteiger partial charge in [-0.15, -0.1) is 0 Å². The quantitative estimate of drug-likeness (QED) is 0.0889. The fourth-order valence-corrected chi connectivity index (χ4v) is 5.66. The third kappa shape index (κ3) is 7.41. The molecule has 6 nitrogen and oxygen atoms in total. The SMILES string of the molecule is CCOc1cc(/C=N/NC(=O)c2ccc(-n3c(C)ccc3-c3ccccc3)cc2)cc(I)c1OCc1ccc(Cl)c(Cl)c1. The Morgan fingerprint density at radius 2 is 1.70 bits per heavy atom. The molecular formula is C34H28Cl2IN3O3. The van der Waals surface area contributed by atoms with E-state index in [1.807, 2.05) is 55.5 Å². The Bertz CT molecular complexity index is 1770. The van der Waals surface area contributed by atoms with Crippen molar-refractivity contribution in [1.82, 2.24) is 9.99 Å². The van der Waals surface area contributed by atoms with Crippen LogP contribution in [0.5, 0.6) is 11.5 Å². The predicted molar refractivity (Wildman–Crippen MR) is 182 cm³/mol. The molecule has 5 aromatic rings. The van der Waals surface area contributed by atoms with Crippen molar-refractivity contribution in [1.29, 1.82) is 0 Å². The van der Waals surface area contributed by atoms with Crippen molar-refractivity contribution in [3.05, 3.63) is 133 Å². The highest BCUT2D eigenvalue weighted by molar-refractivity contribution is 14.1. The molecule has 0 radical (unpaired) electrons. The first kappa shape index (κ1) is 30.7. The minimum absolute atomic E-state index is 0.298. The van der Waals surface area contributed by atoms with Gasteiger partial charge in [-0.2, -0.15) is 5.10 Å². The number of aryl methyl sites for hydroxylation is 1. The number of rotatable bonds is 10. The highest BCUT2D eigenvalue weighted by atomic mass is 127. The molecule has 9 heteroatoms. The summed E-state index contributed by atoms with van der Waals surface area (Å²) in [6.45, 7) is 4.73. The van der Waals surface area contributed by atoms with E-state index in [-0.39, 0.29) is 5.91 Å². The number of carbonyl (C=O) groups excluding carboxylic acids is 1. The van der Waals surface area contributed by atoms with Gasteiger partial charge in [-0.3, -0.25) is 4.79 Å². The predicted octanol–water partition coefficient (Wildman–Crippen LogP) is 9.11. The van der Waals surface area contributed by atoms with Crippen molar-refractivity contribution in [3.8, 4) is 28.4 Å². The number of nitrogens with zero attached hydrogens (tertiary/aromatic N) is 2. The first-order valence-electron chi connectivity index (χ1n) is 13.5. The molecule has 0 spiro atoms. The van der Waals surface area contributed by atoms with E-state index in [4.69, 9.17) is 32.7 Å². The molecule has 4 aromatic carbocycles. The van der Waals surface area contributed by atoms with E-state index in [0.29, 0.717) is 40.3 Å². The standard InChI is InChI=1S/C34H28Cl2IN3O3/c1-3-42-32-19-24(18-30(37)33(32)43-21-23-10-15-28(35)29(36)17-23)20-38-39-34(41)26-11-13-27(14-12-26)40-22(2)9-16-31(40)25-7-5-4-6-8-25/h4-20H,3,21H2,1-2H3,(H,39,41)/b38-20+. The van der Waals surface area contributed by atoms with Gasteiger partial charge < -0.3 is 14.0 Å². The second-order valence-corrected chi connectivity index (χ2v) is 11.6. The molecule has 0 aliphatic heterocycles. The number of hydrazone groups is 1. The van der Waals surface area contributed by atoms with E-state index >= 15 is 0 Å². The Hall–Kier alpha value is -3.79. The van der Waals surface area contributed by atoms with Gasteiger partial charge in [-0.25, -0.2) is 5.43 Å². The van der Waals surface area contributed by atoms with E-state index in [1.165, 1.54) is 0 Å². The summed E-state index contributed by atoms with van der Waals surface area (Å²) in [5, 5.41) is 5.15. The molecule has 0 aliphatic carbocycles. The Kier molecular flexibility index (Phi) is 10.1. The highest BCUT2D eigenvalue weighted by Crippen LogP contribution is 2.35. The molecule has 0 unspecified atom stereocenters. The summed E-state index contributed by atoms with van der Waals surface area (Å²) < 4.78 is 14.9. The second kappa shape index (κ2) is 14.1. The van der Waals surface area contributed by atoms with Crippen LogP contribution in [-0.2, 0) is 6.61 Å². The summed E-state index contributed by atoms with van der Waals surface area (Å²) in [5.41, 5.74) is 9.05. The van der Waals surface area contributed by atoms with Crippen LogP contribution >= 0.6 is 45.8 Å². The number of amides is 1. The van der Waals surface area contributed by atoms with Crippen molar-refractivity contribution < 1.29 is 14.3 Å². The first-order valence-corrected chi connectivity index (χ1v) is 15.4. The van der Waals surface area contributed by atoms with E-state index < -0.39 is 0 Å². The zero-order valence-electron chi connectivity index (χ0n) is 23.5. The summed E-state index contributed by atoms with van der Waals surface area (Å²) in [7, 11) is 0. The zero-order valence-corrected chi connectivity index (χ0v) is 27.2. The molecular weight excluding hydrogens is 696 g/mol. The van der Waals surface area contributed by atoms with Crippen molar-refractivity contribution in [2.45, 2.75) is 20.5 Å². The molecule has 43 heavy (non-hydrogen) atoms. The summed E-state index contributed by atoms with van der Waals surface area (Å²) in [6, 6.07) is 31.0. The fourth-order valence-electron chi connectivity index (χ4n) is 4.56. The van der Waals surface area contributed by atoms with Gasteiger partial charge in [0.05, 0.1) is 32.1 Å². The van der Waals surface area contributed by atoms with Gasteiger partial charge in [-0.1, -0.05) is 59.6 Å². The maximum Gasteiger partial charge on any atom is 0.271 e. The van der Waals surface area contributed by atoms with Crippen LogP contribution in [0.3, 0.4) is 0 Å². The van der Waals surface area contributed by atoms with Crippen molar-refractivity contribution in [2.75, 3.05) is 6.61 Å². The largest absolute Gasteiger partial charge is 0.490 e. The molecule has 5 rings (SSSR count). The maximum absolute atomic E-state index is 12.8. The van der Waals surface area contributed by atoms with E-state index in [0.717, 1.165) is 37.3 Å². The van der Waals surface area contributed by atoms with Crippen LogP contribution in [0, 0.1) is 10.5 Å². The van der Waals surface area contributed by atoms with Gasteiger partial charge in [0.2, 0.25) is 0 Å². The van der Waals surface area contributed by atoms with Crippen LogP contribution in [0.15, 0.2) is 102 Å². The molecule has 1 heterocycles. The van der Waals surface area contributed by atoms with Gasteiger partial charge >= 0.3 is 0 Å². The van der Waals surface area contributed by atoms with Crippen LogP contribution in [0.25, 0.3) is 16.9 Å². The lowest BCUT2D eigenvalue weighted by Gasteiger charge is -2.15. The number of ether oxygens (including phenoxy) is 2. The molecule has 1 aromatic heterocycles. The number of hydrogen-bond donors (Lipinski definition) is 1. The summed E-state index contributed by atoms with van der Waals surface area (Å²) >= 11 is 14.4. The second-order valence-electron chi connectivity index (χ2n) is 9.61. The number of carbonyl (C=O) groups is 1. The third-order valence-corrected chi connectivity index (χ3v) is 8.15. The minimum atomic E-state index is -0.309. The fraction of sp³-hybridized carbons (Fsp3) is 0.118. The molecule has 218 valence electrons. The van der Waals surface area contributed by atoms with Crippen LogP contribution in [-0.4, -0.2) is 23.3 Å². The lowest BCUT2D eigenvalue weighted by Crippen LogP contribution is -2.17. The molecule has 0 fully saturated rings. The molecule has 0 atom stereocenters. The summed E-state index contributed by atoms with van der Waals surface area (Å²) in [4.78, 5) is 12.8. The number of hydrogen-bond acceptors (Lipinski definition) is 4. The first-order chi connectivity index (χ1) is 20.8. The lowest BCUT2D eigenvalue weighted by molar-refractivity contribution is 0.0955. The van der Waals surface area contributed by atoms with Crippen LogP contribution in [0.1, 0.15) is 34.1 Å². The van der Waals surface area contributed by atoms with Gasteiger partial charge in [-0.05, 0) is 114 Å². The van der Waals surface area contributed by atoms with Crippen LogP contribution in [0.4, 0.5) is 0 Å². The molecule has 0 saturated heterocycles.